The first-order chi connectivity index (χ1) is 12.7. The predicted octanol–water partition coefficient (Wildman–Crippen LogP) is 2.79. The van der Waals surface area contributed by atoms with E-state index in [1.165, 1.54) is 0 Å². The van der Waals surface area contributed by atoms with Gasteiger partial charge in [-0.15, -0.1) is 11.3 Å². The van der Waals surface area contributed by atoms with Crippen molar-refractivity contribution in [2.24, 2.45) is 5.92 Å². The van der Waals surface area contributed by atoms with Crippen LogP contribution in [0.1, 0.15) is 36.3 Å². The SMILES string of the molecule is CO[C@@H]([C@@H]1CCCN1)[C@@H](C)C(=O)NC[C@@H](c1ccccc1)c1nccs1. The van der Waals surface area contributed by atoms with Crippen LogP contribution in [-0.4, -0.2) is 43.2 Å². The number of thiazole rings is 1. The molecule has 1 aliphatic rings. The Labute approximate surface area is 159 Å². The smallest absolute Gasteiger partial charge is 0.225 e. The molecule has 0 saturated carbocycles. The average Bonchev–Trinajstić information content (AvgIpc) is 3.37. The third-order valence-electron chi connectivity index (χ3n) is 5.11. The normalized spacial score (nSPS) is 20.5. The number of nitrogens with zero attached hydrogens (tertiary/aromatic N) is 1. The molecular weight excluding hydrogens is 346 g/mol. The fourth-order valence-corrected chi connectivity index (χ4v) is 4.43. The molecule has 2 N–H and O–H groups in total. The van der Waals surface area contributed by atoms with Crippen LogP contribution in [0.2, 0.25) is 0 Å². The van der Waals surface area contributed by atoms with Crippen molar-refractivity contribution >= 4 is 17.2 Å². The number of benzene rings is 1. The van der Waals surface area contributed by atoms with Gasteiger partial charge in [0.25, 0.3) is 0 Å². The molecule has 0 unspecified atom stereocenters. The summed E-state index contributed by atoms with van der Waals surface area (Å²) in [6, 6.07) is 10.5. The van der Waals surface area contributed by atoms with E-state index in [0.29, 0.717) is 6.54 Å². The maximum atomic E-state index is 12.8. The number of hydrogen-bond acceptors (Lipinski definition) is 5. The minimum atomic E-state index is -0.205. The molecule has 0 radical (unpaired) electrons. The van der Waals surface area contributed by atoms with Gasteiger partial charge in [0.2, 0.25) is 5.91 Å². The summed E-state index contributed by atoms with van der Waals surface area (Å²) in [5.41, 5.74) is 1.16. The zero-order valence-electron chi connectivity index (χ0n) is 15.4. The van der Waals surface area contributed by atoms with E-state index in [9.17, 15) is 4.79 Å². The third kappa shape index (κ3) is 4.50. The number of aromatic nitrogens is 1. The lowest BCUT2D eigenvalue weighted by Gasteiger charge is -2.28. The van der Waals surface area contributed by atoms with Gasteiger partial charge in [-0.1, -0.05) is 37.3 Å². The van der Waals surface area contributed by atoms with Gasteiger partial charge < -0.3 is 15.4 Å². The van der Waals surface area contributed by atoms with Crippen LogP contribution in [-0.2, 0) is 9.53 Å². The van der Waals surface area contributed by atoms with Gasteiger partial charge in [-0.25, -0.2) is 4.98 Å². The van der Waals surface area contributed by atoms with Crippen LogP contribution < -0.4 is 10.6 Å². The van der Waals surface area contributed by atoms with Crippen molar-refractivity contribution in [1.29, 1.82) is 0 Å². The Hall–Kier alpha value is -1.76. The van der Waals surface area contributed by atoms with E-state index in [2.05, 4.69) is 27.8 Å². The van der Waals surface area contributed by atoms with Crippen molar-refractivity contribution in [3.63, 3.8) is 0 Å². The fraction of sp³-hybridized carbons (Fsp3) is 0.500. The summed E-state index contributed by atoms with van der Waals surface area (Å²) in [5.74, 6) is -0.107. The molecule has 26 heavy (non-hydrogen) atoms. The van der Waals surface area contributed by atoms with Gasteiger partial charge in [0.05, 0.1) is 17.9 Å². The molecule has 0 spiro atoms. The number of ether oxygens (including phenoxy) is 1. The molecule has 1 aliphatic heterocycles. The zero-order chi connectivity index (χ0) is 18.4. The second-order valence-corrected chi connectivity index (χ2v) is 7.70. The van der Waals surface area contributed by atoms with Crippen molar-refractivity contribution in [2.45, 2.75) is 37.8 Å². The van der Waals surface area contributed by atoms with Crippen LogP contribution in [0, 0.1) is 5.92 Å². The minimum Gasteiger partial charge on any atom is -0.379 e. The summed E-state index contributed by atoms with van der Waals surface area (Å²) in [7, 11) is 1.69. The maximum absolute atomic E-state index is 12.8. The summed E-state index contributed by atoms with van der Waals surface area (Å²) < 4.78 is 5.65. The largest absolute Gasteiger partial charge is 0.379 e. The number of nitrogens with one attached hydrogen (secondary N) is 2. The summed E-state index contributed by atoms with van der Waals surface area (Å²) in [6.07, 6.45) is 3.90. The molecule has 1 aromatic heterocycles. The lowest BCUT2D eigenvalue weighted by Crippen LogP contribution is -2.46. The van der Waals surface area contributed by atoms with Gasteiger partial charge in [0, 0.05) is 31.3 Å². The van der Waals surface area contributed by atoms with E-state index in [0.717, 1.165) is 30.0 Å². The zero-order valence-corrected chi connectivity index (χ0v) is 16.2. The van der Waals surface area contributed by atoms with Crippen molar-refractivity contribution in [2.75, 3.05) is 20.2 Å². The highest BCUT2D eigenvalue weighted by Gasteiger charge is 2.33. The molecule has 1 aromatic carbocycles. The van der Waals surface area contributed by atoms with Crippen LogP contribution in [0.4, 0.5) is 0 Å². The van der Waals surface area contributed by atoms with E-state index in [4.69, 9.17) is 4.74 Å². The molecule has 1 saturated heterocycles. The molecule has 0 bridgehead atoms. The Kier molecular flexibility index (Phi) is 6.77. The Bertz CT molecular complexity index is 672. The molecule has 1 fully saturated rings. The van der Waals surface area contributed by atoms with Crippen molar-refractivity contribution in [3.05, 3.63) is 52.5 Å². The minimum absolute atomic E-state index is 0.0306. The van der Waals surface area contributed by atoms with Crippen molar-refractivity contribution < 1.29 is 9.53 Å². The van der Waals surface area contributed by atoms with Crippen LogP contribution in [0.25, 0.3) is 0 Å². The molecule has 6 heteroatoms. The van der Waals surface area contributed by atoms with Crippen LogP contribution >= 0.6 is 11.3 Å². The van der Waals surface area contributed by atoms with Gasteiger partial charge in [-0.05, 0) is 24.9 Å². The van der Waals surface area contributed by atoms with Gasteiger partial charge in [0.1, 0.15) is 5.01 Å². The van der Waals surface area contributed by atoms with Crippen LogP contribution in [0.3, 0.4) is 0 Å². The van der Waals surface area contributed by atoms with Crippen LogP contribution in [0.5, 0.6) is 0 Å². The second kappa shape index (κ2) is 9.26. The second-order valence-electron chi connectivity index (χ2n) is 6.77. The van der Waals surface area contributed by atoms with Gasteiger partial charge >= 0.3 is 0 Å². The van der Waals surface area contributed by atoms with Gasteiger partial charge in [0.15, 0.2) is 0 Å². The molecule has 140 valence electrons. The molecular formula is C20H27N3O2S. The highest BCUT2D eigenvalue weighted by atomic mass is 32.1. The standard InChI is InChI=1S/C20H27N3O2S/c1-14(18(25-2)17-9-6-10-21-17)19(24)23-13-16(20-22-11-12-26-20)15-7-4-3-5-8-15/h3-5,7-8,11-12,14,16-18,21H,6,9-10,13H2,1-2H3,(H,23,24)/t14-,16+,17+,18-/m1/s1. The Morgan fingerprint density at radius 2 is 2.23 bits per heavy atom. The first-order valence-electron chi connectivity index (χ1n) is 9.19. The Morgan fingerprint density at radius 1 is 1.42 bits per heavy atom. The topological polar surface area (TPSA) is 63.2 Å². The first-order valence-corrected chi connectivity index (χ1v) is 10.1. The Balaban J connectivity index is 1.65. The molecule has 2 heterocycles. The number of carbonyl (C=O) groups is 1. The number of hydrogen-bond donors (Lipinski definition) is 2. The molecule has 4 atom stereocenters. The first kappa shape index (κ1) is 19.0. The van der Waals surface area contributed by atoms with E-state index in [1.807, 2.05) is 36.7 Å². The van der Waals surface area contributed by atoms with Crippen molar-refractivity contribution in [3.8, 4) is 0 Å². The monoisotopic (exact) mass is 373 g/mol. The summed E-state index contributed by atoms with van der Waals surface area (Å²) in [6.45, 7) is 3.48. The quantitative estimate of drug-likeness (QED) is 0.747. The molecule has 5 nitrogen and oxygen atoms in total. The third-order valence-corrected chi connectivity index (χ3v) is 5.99. The number of methoxy groups -OCH3 is 1. The molecule has 2 aromatic rings. The van der Waals surface area contributed by atoms with Gasteiger partial charge in [-0.3, -0.25) is 4.79 Å². The fourth-order valence-electron chi connectivity index (χ4n) is 3.66. The van der Waals surface area contributed by atoms with Gasteiger partial charge in [-0.2, -0.15) is 0 Å². The highest BCUT2D eigenvalue weighted by molar-refractivity contribution is 7.09. The van der Waals surface area contributed by atoms with E-state index in [1.54, 1.807) is 18.4 Å². The summed E-state index contributed by atoms with van der Waals surface area (Å²) in [5, 5.41) is 9.56. The highest BCUT2D eigenvalue weighted by Crippen LogP contribution is 2.26. The number of amides is 1. The summed E-state index contributed by atoms with van der Waals surface area (Å²) in [4.78, 5) is 17.2. The molecule has 3 rings (SSSR count). The number of carbonyl (C=O) groups excluding carboxylic acids is 1. The van der Waals surface area contributed by atoms with Crippen LogP contribution in [0.15, 0.2) is 41.9 Å². The van der Waals surface area contributed by atoms with E-state index in [-0.39, 0.29) is 29.9 Å². The molecule has 0 aliphatic carbocycles. The summed E-state index contributed by atoms with van der Waals surface area (Å²) >= 11 is 1.62. The lowest BCUT2D eigenvalue weighted by atomic mass is 9.95. The van der Waals surface area contributed by atoms with E-state index >= 15 is 0 Å². The number of rotatable bonds is 8. The lowest BCUT2D eigenvalue weighted by molar-refractivity contribution is -0.129. The van der Waals surface area contributed by atoms with E-state index < -0.39 is 0 Å². The Morgan fingerprint density at radius 3 is 2.85 bits per heavy atom. The molecule has 1 amide bonds. The van der Waals surface area contributed by atoms with Crippen molar-refractivity contribution in [1.82, 2.24) is 15.6 Å². The maximum Gasteiger partial charge on any atom is 0.225 e. The predicted molar refractivity (Wildman–Crippen MR) is 104 cm³/mol. The average molecular weight is 374 g/mol.